The van der Waals surface area contributed by atoms with Crippen LogP contribution in [0.2, 0.25) is 0 Å². The Balaban J connectivity index is 0. The first-order chi connectivity index (χ1) is 17.0. The van der Waals surface area contributed by atoms with Gasteiger partial charge in [-0.15, -0.1) is 0 Å². The van der Waals surface area contributed by atoms with Crippen LogP contribution in [0.15, 0.2) is 0 Å². The molecule has 0 bridgehead atoms. The Bertz CT molecular complexity index is 585. The zero-order valence-corrected chi connectivity index (χ0v) is 22.2. The van der Waals surface area contributed by atoms with Crippen LogP contribution in [-0.2, 0) is 33.3 Å². The van der Waals surface area contributed by atoms with Crippen molar-refractivity contribution in [3.63, 3.8) is 0 Å². The number of thioether (sulfide) groups is 1. The SMILES string of the molecule is CCSC1CCC(OC(=O)NCCOCCOCCOCCOCCNC(=O)CCC(C)=O)CC1.[HH].[HH]. The van der Waals surface area contributed by atoms with E-state index < -0.39 is 0 Å². The van der Waals surface area contributed by atoms with Gasteiger partial charge in [0, 0.05) is 34.0 Å². The third-order valence-corrected chi connectivity index (χ3v) is 6.48. The number of rotatable bonds is 21. The predicted molar refractivity (Wildman–Crippen MR) is 139 cm³/mol. The molecule has 0 aliphatic heterocycles. The Morgan fingerprint density at radius 3 is 1.80 bits per heavy atom. The smallest absolute Gasteiger partial charge is 0.407 e. The molecule has 1 fully saturated rings. The summed E-state index contributed by atoms with van der Waals surface area (Å²) in [6, 6.07) is 0. The second-order valence-electron chi connectivity index (χ2n) is 8.19. The Kier molecular flexibility index (Phi) is 19.7. The number of carbonyl (C=O) groups is 3. The number of hydrogen-bond donors (Lipinski definition) is 2. The molecule has 0 saturated heterocycles. The summed E-state index contributed by atoms with van der Waals surface area (Å²) in [7, 11) is 0. The Morgan fingerprint density at radius 1 is 0.771 bits per heavy atom. The first-order valence-electron chi connectivity index (χ1n) is 12.6. The molecule has 0 aromatic rings. The van der Waals surface area contributed by atoms with E-state index in [1.807, 2.05) is 11.8 Å². The van der Waals surface area contributed by atoms with Crippen molar-refractivity contribution in [3.05, 3.63) is 0 Å². The van der Waals surface area contributed by atoms with E-state index in [0.717, 1.165) is 31.4 Å². The molecular formula is C24H48N2O8S. The van der Waals surface area contributed by atoms with Gasteiger partial charge in [0.25, 0.3) is 0 Å². The molecule has 1 aliphatic rings. The first-order valence-corrected chi connectivity index (χ1v) is 13.7. The van der Waals surface area contributed by atoms with Gasteiger partial charge in [-0.25, -0.2) is 4.79 Å². The lowest BCUT2D eigenvalue weighted by molar-refractivity contribution is -0.124. The van der Waals surface area contributed by atoms with Crippen LogP contribution in [-0.4, -0.2) is 101 Å². The molecule has 0 radical (unpaired) electrons. The molecule has 0 atom stereocenters. The largest absolute Gasteiger partial charge is 0.446 e. The van der Waals surface area contributed by atoms with E-state index in [4.69, 9.17) is 23.7 Å². The molecular weight excluding hydrogens is 476 g/mol. The third-order valence-electron chi connectivity index (χ3n) is 5.20. The van der Waals surface area contributed by atoms with Gasteiger partial charge < -0.3 is 39.1 Å². The molecule has 1 aliphatic carbocycles. The fraction of sp³-hybridized carbons (Fsp3) is 0.875. The minimum absolute atomic E-state index is 0. The quantitative estimate of drug-likeness (QED) is 0.218. The highest BCUT2D eigenvalue weighted by Crippen LogP contribution is 2.29. The van der Waals surface area contributed by atoms with Crippen LogP contribution < -0.4 is 10.6 Å². The summed E-state index contributed by atoms with van der Waals surface area (Å²) < 4.78 is 27.1. The first kappa shape index (κ1) is 31.6. The molecule has 0 spiro atoms. The van der Waals surface area contributed by atoms with E-state index in [0.29, 0.717) is 71.2 Å². The maximum atomic E-state index is 11.9. The molecule has 0 heterocycles. The Hall–Kier alpha value is -1.40. The minimum Gasteiger partial charge on any atom is -0.446 e. The number of Topliss-reactive ketones (excluding diaryl/α,β-unsaturated/α-hetero) is 1. The van der Waals surface area contributed by atoms with E-state index in [-0.39, 0.29) is 39.6 Å². The number of carbonyl (C=O) groups excluding carboxylic acids is 3. The van der Waals surface area contributed by atoms with E-state index in [1.54, 1.807) is 0 Å². The van der Waals surface area contributed by atoms with Crippen molar-refractivity contribution in [1.29, 1.82) is 0 Å². The van der Waals surface area contributed by atoms with Crippen molar-refractivity contribution in [2.45, 2.75) is 63.7 Å². The Labute approximate surface area is 216 Å². The van der Waals surface area contributed by atoms with Gasteiger partial charge in [-0.1, -0.05) is 6.92 Å². The van der Waals surface area contributed by atoms with Crippen LogP contribution in [0.25, 0.3) is 0 Å². The molecule has 0 aromatic carbocycles. The number of nitrogens with one attached hydrogen (secondary N) is 2. The molecule has 10 nitrogen and oxygen atoms in total. The maximum absolute atomic E-state index is 11.9. The summed E-state index contributed by atoms with van der Waals surface area (Å²) in [5.74, 6) is 1.00. The monoisotopic (exact) mass is 524 g/mol. The lowest BCUT2D eigenvalue weighted by atomic mass is 9.97. The highest BCUT2D eigenvalue weighted by atomic mass is 32.2. The number of amides is 2. The molecule has 2 N–H and O–H groups in total. The van der Waals surface area contributed by atoms with Crippen LogP contribution in [0.3, 0.4) is 0 Å². The van der Waals surface area contributed by atoms with Crippen molar-refractivity contribution in [2.24, 2.45) is 0 Å². The number of ether oxygens (including phenoxy) is 5. The molecule has 1 rings (SSSR count). The van der Waals surface area contributed by atoms with Gasteiger partial charge in [0.05, 0.1) is 52.9 Å². The highest BCUT2D eigenvalue weighted by Gasteiger charge is 2.23. The van der Waals surface area contributed by atoms with Crippen LogP contribution in [0.4, 0.5) is 4.79 Å². The van der Waals surface area contributed by atoms with Crippen molar-refractivity contribution in [2.75, 3.05) is 71.7 Å². The average Bonchev–Trinajstić information content (AvgIpc) is 2.83. The van der Waals surface area contributed by atoms with Crippen molar-refractivity contribution in [3.8, 4) is 0 Å². The van der Waals surface area contributed by atoms with E-state index >= 15 is 0 Å². The Morgan fingerprint density at radius 2 is 1.29 bits per heavy atom. The zero-order chi connectivity index (χ0) is 25.6. The second kappa shape index (κ2) is 21.8. The molecule has 2 amide bonds. The van der Waals surface area contributed by atoms with E-state index in [2.05, 4.69) is 17.6 Å². The van der Waals surface area contributed by atoms with Gasteiger partial charge in [0.1, 0.15) is 11.9 Å². The molecule has 0 unspecified atom stereocenters. The molecule has 208 valence electrons. The van der Waals surface area contributed by atoms with E-state index in [9.17, 15) is 14.4 Å². The number of alkyl carbamates (subject to hydrolysis) is 1. The van der Waals surface area contributed by atoms with Crippen molar-refractivity contribution >= 4 is 29.5 Å². The van der Waals surface area contributed by atoms with Gasteiger partial charge in [-0.3, -0.25) is 4.79 Å². The summed E-state index contributed by atoms with van der Waals surface area (Å²) in [4.78, 5) is 34.1. The normalized spacial score (nSPS) is 17.7. The maximum Gasteiger partial charge on any atom is 0.407 e. The van der Waals surface area contributed by atoms with Gasteiger partial charge in [0.2, 0.25) is 5.91 Å². The van der Waals surface area contributed by atoms with Crippen LogP contribution in [0, 0.1) is 0 Å². The van der Waals surface area contributed by atoms with E-state index in [1.165, 1.54) is 6.92 Å². The summed E-state index contributed by atoms with van der Waals surface area (Å²) in [5.41, 5.74) is 0. The molecule has 1 saturated carbocycles. The topological polar surface area (TPSA) is 121 Å². The highest BCUT2D eigenvalue weighted by molar-refractivity contribution is 7.99. The third kappa shape index (κ3) is 19.5. The lowest BCUT2D eigenvalue weighted by Crippen LogP contribution is -2.33. The van der Waals surface area contributed by atoms with Crippen molar-refractivity contribution < 1.29 is 40.9 Å². The van der Waals surface area contributed by atoms with Crippen molar-refractivity contribution in [1.82, 2.24) is 10.6 Å². The van der Waals surface area contributed by atoms with Crippen LogP contribution >= 0.6 is 11.8 Å². The fourth-order valence-electron chi connectivity index (χ4n) is 3.37. The average molecular weight is 525 g/mol. The summed E-state index contributed by atoms with van der Waals surface area (Å²) >= 11 is 2.00. The predicted octanol–water partition coefficient (Wildman–Crippen LogP) is 2.82. The second-order valence-corrected chi connectivity index (χ2v) is 9.76. The molecule has 35 heavy (non-hydrogen) atoms. The van der Waals surface area contributed by atoms with Gasteiger partial charge in [-0.05, 0) is 38.4 Å². The number of hydrogen-bond acceptors (Lipinski definition) is 9. The van der Waals surface area contributed by atoms with Crippen LogP contribution in [0.5, 0.6) is 0 Å². The van der Waals surface area contributed by atoms with Gasteiger partial charge in [-0.2, -0.15) is 11.8 Å². The van der Waals surface area contributed by atoms with Gasteiger partial charge in [0.15, 0.2) is 0 Å². The lowest BCUT2D eigenvalue weighted by Gasteiger charge is -2.27. The van der Waals surface area contributed by atoms with Crippen LogP contribution in [0.1, 0.15) is 55.2 Å². The fourth-order valence-corrected chi connectivity index (χ4v) is 4.45. The number of ketones is 1. The zero-order valence-electron chi connectivity index (χ0n) is 21.3. The molecule has 0 aromatic heterocycles. The van der Waals surface area contributed by atoms with Gasteiger partial charge >= 0.3 is 6.09 Å². The molecule has 11 heteroatoms. The summed E-state index contributed by atoms with van der Waals surface area (Å²) in [6.45, 7) is 7.95. The standard InChI is InChI=1S/C24H44N2O8S.2H2/c1-3-35-22-7-5-21(6-8-22)34-24(29)26-11-13-31-15-17-33-19-18-32-16-14-30-12-10-25-23(28)9-4-20(2)27;;/h21-22H,3-19H2,1-2H3,(H,25,28)(H,26,29);2*1H. The summed E-state index contributed by atoms with van der Waals surface area (Å²) in [6.07, 6.45) is 4.26. The summed E-state index contributed by atoms with van der Waals surface area (Å²) in [5, 5.41) is 6.13. The minimum atomic E-state index is -0.369.